The van der Waals surface area contributed by atoms with Gasteiger partial charge in [0.05, 0.1) is 20.3 Å². The van der Waals surface area contributed by atoms with Gasteiger partial charge in [-0.15, -0.1) is 0 Å². The Bertz CT molecular complexity index is 792. The molecule has 0 heterocycles. The van der Waals surface area contributed by atoms with Crippen molar-refractivity contribution in [1.29, 1.82) is 0 Å². The van der Waals surface area contributed by atoms with Gasteiger partial charge in [-0.1, -0.05) is 26.0 Å². The van der Waals surface area contributed by atoms with Crippen LogP contribution in [0.15, 0.2) is 24.3 Å². The summed E-state index contributed by atoms with van der Waals surface area (Å²) in [4.78, 5) is 26.3. The average molecular weight is 486 g/mol. The van der Waals surface area contributed by atoms with E-state index in [1.807, 2.05) is 13.8 Å². The lowest BCUT2D eigenvalue weighted by molar-refractivity contribution is -0.159. The maximum Gasteiger partial charge on any atom is 0.343 e. The predicted molar refractivity (Wildman–Crippen MR) is 129 cm³/mol. The molecule has 0 spiro atoms. The zero-order valence-electron chi connectivity index (χ0n) is 21.2. The predicted octanol–water partition coefficient (Wildman–Crippen LogP) is 4.75. The minimum absolute atomic E-state index is 0.107. The zero-order valence-corrected chi connectivity index (χ0v) is 22.1. The third-order valence-electron chi connectivity index (χ3n) is 4.61. The van der Waals surface area contributed by atoms with Crippen molar-refractivity contribution < 1.29 is 32.7 Å². The summed E-state index contributed by atoms with van der Waals surface area (Å²) in [5, 5.41) is 2.77. The Morgan fingerprint density at radius 1 is 1.03 bits per heavy atom. The number of ether oxygens (including phenoxy) is 2. The fourth-order valence-corrected chi connectivity index (χ4v) is 5.19. The summed E-state index contributed by atoms with van der Waals surface area (Å²) < 4.78 is 35.3. The summed E-state index contributed by atoms with van der Waals surface area (Å²) in [5.41, 5.74) is -1.08. The van der Waals surface area contributed by atoms with Crippen molar-refractivity contribution >= 4 is 19.5 Å². The van der Waals surface area contributed by atoms with Gasteiger partial charge in [0.2, 0.25) is 5.91 Å². The van der Waals surface area contributed by atoms with Crippen molar-refractivity contribution in [2.24, 2.45) is 5.92 Å². The summed E-state index contributed by atoms with van der Waals surface area (Å²) in [6.07, 6.45) is 0.485. The SMILES string of the molecule is CCOP(=O)(OCC)C(Cc1ccc(OC)cc1)C(=O)N[C@@H](CC(C)C)C(=O)OC(C)(C)C. The Kier molecular flexibility index (Phi) is 11.6. The largest absolute Gasteiger partial charge is 0.497 e. The van der Waals surface area contributed by atoms with Crippen molar-refractivity contribution in [2.75, 3.05) is 20.3 Å². The Balaban J connectivity index is 3.27. The van der Waals surface area contributed by atoms with E-state index in [2.05, 4.69) is 5.32 Å². The third-order valence-corrected chi connectivity index (χ3v) is 7.02. The Morgan fingerprint density at radius 2 is 1.58 bits per heavy atom. The van der Waals surface area contributed by atoms with Crippen LogP contribution in [0, 0.1) is 5.92 Å². The quantitative estimate of drug-likeness (QED) is 0.318. The lowest BCUT2D eigenvalue weighted by Crippen LogP contribution is -2.48. The van der Waals surface area contributed by atoms with E-state index in [0.717, 1.165) is 5.56 Å². The van der Waals surface area contributed by atoms with Gasteiger partial charge in [-0.25, -0.2) is 4.79 Å². The smallest absolute Gasteiger partial charge is 0.343 e. The first kappa shape index (κ1) is 29.1. The van der Waals surface area contributed by atoms with Gasteiger partial charge in [-0.2, -0.15) is 0 Å². The first-order valence-corrected chi connectivity index (χ1v) is 13.0. The first-order valence-electron chi connectivity index (χ1n) is 11.4. The maximum atomic E-state index is 13.6. The molecule has 1 aromatic rings. The van der Waals surface area contributed by atoms with Crippen LogP contribution in [-0.2, 0) is 34.4 Å². The molecule has 0 aliphatic heterocycles. The molecule has 0 fully saturated rings. The molecular weight excluding hydrogens is 445 g/mol. The van der Waals surface area contributed by atoms with Gasteiger partial charge in [0.25, 0.3) is 0 Å². The fourth-order valence-electron chi connectivity index (χ4n) is 3.24. The number of rotatable bonds is 13. The molecule has 2 atom stereocenters. The van der Waals surface area contributed by atoms with Crippen LogP contribution in [-0.4, -0.2) is 49.5 Å². The zero-order chi connectivity index (χ0) is 25.2. The number of carbonyl (C=O) groups is 2. The summed E-state index contributed by atoms with van der Waals surface area (Å²) in [5.74, 6) is -0.323. The molecule has 33 heavy (non-hydrogen) atoms. The van der Waals surface area contributed by atoms with Crippen LogP contribution in [0.25, 0.3) is 0 Å². The van der Waals surface area contributed by atoms with Gasteiger partial charge in [-0.05, 0) is 71.1 Å². The molecule has 0 aliphatic carbocycles. The minimum atomic E-state index is -3.83. The van der Waals surface area contributed by atoms with Gasteiger partial charge >= 0.3 is 13.6 Å². The molecule has 188 valence electrons. The second-order valence-corrected chi connectivity index (χ2v) is 11.4. The van der Waals surface area contributed by atoms with Crippen LogP contribution in [0.4, 0.5) is 0 Å². The van der Waals surface area contributed by atoms with Gasteiger partial charge in [0.15, 0.2) is 0 Å². The number of methoxy groups -OCH3 is 1. The molecule has 0 radical (unpaired) electrons. The maximum absolute atomic E-state index is 13.6. The molecular formula is C24H40NO7P. The van der Waals surface area contributed by atoms with Gasteiger partial charge in [0, 0.05) is 0 Å². The highest BCUT2D eigenvalue weighted by Gasteiger charge is 2.42. The number of hydrogen-bond acceptors (Lipinski definition) is 7. The molecule has 1 N–H and O–H groups in total. The van der Waals surface area contributed by atoms with E-state index >= 15 is 0 Å². The number of amides is 1. The Labute approximate surface area is 198 Å². The third kappa shape index (κ3) is 9.86. The van der Waals surface area contributed by atoms with Gasteiger partial charge in [-0.3, -0.25) is 9.36 Å². The van der Waals surface area contributed by atoms with E-state index in [4.69, 9.17) is 18.5 Å². The number of benzene rings is 1. The lowest BCUT2D eigenvalue weighted by Gasteiger charge is -2.29. The van der Waals surface area contributed by atoms with Crippen LogP contribution in [0.2, 0.25) is 0 Å². The van der Waals surface area contributed by atoms with Crippen LogP contribution in [0.3, 0.4) is 0 Å². The first-order chi connectivity index (χ1) is 15.3. The molecule has 1 aromatic carbocycles. The lowest BCUT2D eigenvalue weighted by atomic mass is 10.0. The van der Waals surface area contributed by atoms with Crippen molar-refractivity contribution in [3.05, 3.63) is 29.8 Å². The second kappa shape index (κ2) is 13.1. The molecule has 0 aliphatic rings. The summed E-state index contributed by atoms with van der Waals surface area (Å²) in [7, 11) is -2.26. The van der Waals surface area contributed by atoms with Crippen LogP contribution < -0.4 is 10.1 Å². The van der Waals surface area contributed by atoms with Crippen molar-refractivity contribution in [3.8, 4) is 5.75 Å². The highest BCUT2D eigenvalue weighted by atomic mass is 31.2. The molecule has 1 unspecified atom stereocenters. The molecule has 1 rings (SSSR count). The van der Waals surface area contributed by atoms with E-state index in [1.54, 1.807) is 66.0 Å². The Hall–Kier alpha value is -1.89. The molecule has 8 nitrogen and oxygen atoms in total. The molecule has 0 saturated carbocycles. The van der Waals surface area contributed by atoms with E-state index in [0.29, 0.717) is 12.2 Å². The molecule has 0 bridgehead atoms. The minimum Gasteiger partial charge on any atom is -0.497 e. The van der Waals surface area contributed by atoms with Gasteiger partial charge < -0.3 is 23.8 Å². The average Bonchev–Trinajstić information content (AvgIpc) is 2.70. The van der Waals surface area contributed by atoms with E-state index in [9.17, 15) is 14.2 Å². The van der Waals surface area contributed by atoms with Crippen LogP contribution in [0.1, 0.15) is 60.5 Å². The standard InChI is InChI=1S/C24H40NO7P/c1-9-30-33(28,31-10-2)21(16-18-11-13-19(29-8)14-12-18)22(26)25-20(15-17(3)4)23(27)32-24(5,6)7/h11-14,17,20-21H,9-10,15-16H2,1-8H3,(H,25,26)/t20-,21?/m0/s1. The summed E-state index contributed by atoms with van der Waals surface area (Å²) in [6, 6.07) is 6.23. The van der Waals surface area contributed by atoms with E-state index in [1.165, 1.54) is 0 Å². The van der Waals surface area contributed by atoms with Gasteiger partial charge in [0.1, 0.15) is 23.1 Å². The highest BCUT2D eigenvalue weighted by molar-refractivity contribution is 7.55. The van der Waals surface area contributed by atoms with Crippen molar-refractivity contribution in [1.82, 2.24) is 5.32 Å². The topological polar surface area (TPSA) is 100 Å². The number of nitrogens with one attached hydrogen (secondary N) is 1. The van der Waals surface area contributed by atoms with Crippen molar-refractivity contribution in [3.63, 3.8) is 0 Å². The van der Waals surface area contributed by atoms with Crippen LogP contribution in [0.5, 0.6) is 5.75 Å². The normalized spacial score (nSPS) is 14.0. The highest BCUT2D eigenvalue weighted by Crippen LogP contribution is 2.54. The van der Waals surface area contributed by atoms with Crippen molar-refractivity contribution in [2.45, 2.75) is 78.6 Å². The number of esters is 1. The number of carbonyl (C=O) groups excluding carboxylic acids is 2. The molecule has 1 amide bonds. The monoisotopic (exact) mass is 485 g/mol. The number of hydrogen-bond donors (Lipinski definition) is 1. The van der Waals surface area contributed by atoms with E-state index < -0.39 is 36.8 Å². The Morgan fingerprint density at radius 3 is 2.00 bits per heavy atom. The molecule has 0 aromatic heterocycles. The fraction of sp³-hybridized carbons (Fsp3) is 0.667. The molecule has 9 heteroatoms. The summed E-state index contributed by atoms with van der Waals surface area (Å²) in [6.45, 7) is 12.8. The second-order valence-electron chi connectivity index (χ2n) is 9.17. The van der Waals surface area contributed by atoms with E-state index in [-0.39, 0.29) is 25.6 Å². The van der Waals surface area contributed by atoms with Crippen LogP contribution >= 0.6 is 7.60 Å². The molecule has 0 saturated heterocycles. The summed E-state index contributed by atoms with van der Waals surface area (Å²) >= 11 is 0.